The molecule has 9 heteroatoms. The molecule has 0 saturated heterocycles. The average Bonchev–Trinajstić information content (AvgIpc) is 2.73. The molecule has 0 aliphatic rings. The number of carboxylic acid groups (broad SMARTS) is 1. The van der Waals surface area contributed by atoms with Crippen molar-refractivity contribution in [3.63, 3.8) is 0 Å². The lowest BCUT2D eigenvalue weighted by molar-refractivity contribution is -0.137. The van der Waals surface area contributed by atoms with Gasteiger partial charge >= 0.3 is 12.1 Å². The molecule has 0 aromatic heterocycles. The minimum absolute atomic E-state index is 0.0394. The lowest BCUT2D eigenvalue weighted by Crippen LogP contribution is -2.22. The van der Waals surface area contributed by atoms with Crippen LogP contribution < -0.4 is 10.6 Å². The molecule has 3 aromatic rings. The third-order valence-electron chi connectivity index (χ3n) is 4.43. The van der Waals surface area contributed by atoms with Crippen molar-refractivity contribution in [1.29, 1.82) is 0 Å². The highest BCUT2D eigenvalue weighted by Crippen LogP contribution is 2.32. The monoisotopic (exact) mass is 442 g/mol. The second-order valence-electron chi connectivity index (χ2n) is 6.75. The predicted octanol–water partition coefficient (Wildman–Crippen LogP) is 5.04. The standard InChI is InChI=1S/C23H17F3N2O4/c24-23(25,26)15-8-4-9-16(12-15)27-19(29)13-20(30)28-18-11-5-10-17(22(31)32)21(18)14-6-2-1-3-7-14/h1-12H,13H2,(H,27,29)(H,28,30)(H,31,32). The predicted molar refractivity (Wildman–Crippen MR) is 112 cm³/mol. The van der Waals surface area contributed by atoms with Crippen LogP contribution in [0, 0.1) is 0 Å². The van der Waals surface area contributed by atoms with Gasteiger partial charge in [0.1, 0.15) is 6.42 Å². The van der Waals surface area contributed by atoms with Crippen LogP contribution in [0.1, 0.15) is 22.3 Å². The highest BCUT2D eigenvalue weighted by molar-refractivity contribution is 6.10. The molecule has 6 nitrogen and oxygen atoms in total. The molecule has 0 fully saturated rings. The number of nitrogens with one attached hydrogen (secondary N) is 2. The first-order chi connectivity index (χ1) is 15.1. The van der Waals surface area contributed by atoms with Crippen molar-refractivity contribution in [2.24, 2.45) is 0 Å². The average molecular weight is 442 g/mol. The molecule has 0 heterocycles. The third kappa shape index (κ3) is 5.51. The minimum atomic E-state index is -4.57. The Hall–Kier alpha value is -4.14. The summed E-state index contributed by atoms with van der Waals surface area (Å²) >= 11 is 0. The molecule has 3 rings (SSSR count). The fraction of sp³-hybridized carbons (Fsp3) is 0.0870. The minimum Gasteiger partial charge on any atom is -0.478 e. The van der Waals surface area contributed by atoms with Gasteiger partial charge in [0.2, 0.25) is 11.8 Å². The molecule has 3 N–H and O–H groups in total. The summed E-state index contributed by atoms with van der Waals surface area (Å²) in [6, 6.07) is 16.9. The van der Waals surface area contributed by atoms with E-state index in [0.29, 0.717) is 5.56 Å². The Labute approximate surface area is 180 Å². The first kappa shape index (κ1) is 22.5. The van der Waals surface area contributed by atoms with Gasteiger partial charge in [-0.2, -0.15) is 13.2 Å². The van der Waals surface area contributed by atoms with E-state index in [-0.39, 0.29) is 22.5 Å². The van der Waals surface area contributed by atoms with E-state index in [9.17, 15) is 32.7 Å². The van der Waals surface area contributed by atoms with Crippen LogP contribution in [0.5, 0.6) is 0 Å². The van der Waals surface area contributed by atoms with Crippen LogP contribution >= 0.6 is 0 Å². The Bertz CT molecular complexity index is 1160. The molecule has 0 aliphatic carbocycles. The van der Waals surface area contributed by atoms with Gasteiger partial charge in [-0.25, -0.2) is 4.79 Å². The molecular formula is C23H17F3N2O4. The van der Waals surface area contributed by atoms with Crippen LogP contribution in [0.25, 0.3) is 11.1 Å². The first-order valence-electron chi connectivity index (χ1n) is 9.34. The fourth-order valence-corrected chi connectivity index (χ4v) is 3.07. The van der Waals surface area contributed by atoms with E-state index in [0.717, 1.165) is 18.2 Å². The Morgan fingerprint density at radius 2 is 1.47 bits per heavy atom. The number of hydrogen-bond acceptors (Lipinski definition) is 3. The number of carbonyl (C=O) groups is 3. The molecule has 0 atom stereocenters. The van der Waals surface area contributed by atoms with Gasteiger partial charge in [0, 0.05) is 16.9 Å². The van der Waals surface area contributed by atoms with E-state index < -0.39 is 35.9 Å². The number of carboxylic acids is 1. The number of hydrogen-bond donors (Lipinski definition) is 3. The molecule has 164 valence electrons. The molecule has 0 radical (unpaired) electrons. The zero-order chi connectivity index (χ0) is 23.3. The Morgan fingerprint density at radius 1 is 0.812 bits per heavy atom. The van der Waals surface area contributed by atoms with E-state index >= 15 is 0 Å². The smallest absolute Gasteiger partial charge is 0.416 e. The number of rotatable bonds is 6. The van der Waals surface area contributed by atoms with Crippen molar-refractivity contribution < 1.29 is 32.7 Å². The maximum absolute atomic E-state index is 12.8. The maximum Gasteiger partial charge on any atom is 0.416 e. The van der Waals surface area contributed by atoms with E-state index in [1.165, 1.54) is 24.3 Å². The number of aromatic carboxylic acids is 1. The lowest BCUT2D eigenvalue weighted by Gasteiger charge is -2.14. The summed E-state index contributed by atoms with van der Waals surface area (Å²) in [5.41, 5.74) is -0.0648. The number of alkyl halides is 3. The third-order valence-corrected chi connectivity index (χ3v) is 4.43. The Kier molecular flexibility index (Phi) is 6.58. The van der Waals surface area contributed by atoms with Crippen molar-refractivity contribution in [3.8, 4) is 11.1 Å². The first-order valence-corrected chi connectivity index (χ1v) is 9.34. The number of carbonyl (C=O) groups excluding carboxylic acids is 2. The molecule has 0 spiro atoms. The molecular weight excluding hydrogens is 425 g/mol. The van der Waals surface area contributed by atoms with Gasteiger partial charge in [-0.1, -0.05) is 42.5 Å². The normalized spacial score (nSPS) is 11.0. The molecule has 0 unspecified atom stereocenters. The van der Waals surface area contributed by atoms with Crippen molar-refractivity contribution in [2.45, 2.75) is 12.6 Å². The van der Waals surface area contributed by atoms with Crippen LogP contribution in [-0.4, -0.2) is 22.9 Å². The van der Waals surface area contributed by atoms with E-state index in [2.05, 4.69) is 10.6 Å². The summed E-state index contributed by atoms with van der Waals surface area (Å²) in [5.74, 6) is -2.77. The van der Waals surface area contributed by atoms with Crippen LogP contribution in [0.2, 0.25) is 0 Å². The molecule has 0 saturated carbocycles. The van der Waals surface area contributed by atoms with Crippen LogP contribution in [0.15, 0.2) is 72.8 Å². The SMILES string of the molecule is O=C(CC(=O)Nc1cccc(C(=O)O)c1-c1ccccc1)Nc1cccc(C(F)(F)F)c1. The topological polar surface area (TPSA) is 95.5 Å². The van der Waals surface area contributed by atoms with E-state index in [4.69, 9.17) is 0 Å². The van der Waals surface area contributed by atoms with Crippen molar-refractivity contribution in [1.82, 2.24) is 0 Å². The molecule has 0 bridgehead atoms. The van der Waals surface area contributed by atoms with Gasteiger partial charge in [0.05, 0.1) is 11.1 Å². The lowest BCUT2D eigenvalue weighted by atomic mass is 9.97. The number of anilines is 2. The zero-order valence-corrected chi connectivity index (χ0v) is 16.4. The Morgan fingerprint density at radius 3 is 2.12 bits per heavy atom. The van der Waals surface area contributed by atoms with Gasteiger partial charge in [-0.15, -0.1) is 0 Å². The number of halogens is 3. The zero-order valence-electron chi connectivity index (χ0n) is 16.4. The summed E-state index contributed by atoms with van der Waals surface area (Å²) < 4.78 is 38.4. The largest absolute Gasteiger partial charge is 0.478 e. The number of benzene rings is 3. The van der Waals surface area contributed by atoms with E-state index in [1.807, 2.05) is 0 Å². The number of amides is 2. The molecule has 3 aromatic carbocycles. The fourth-order valence-electron chi connectivity index (χ4n) is 3.07. The van der Waals surface area contributed by atoms with Crippen LogP contribution in [-0.2, 0) is 15.8 Å². The molecule has 32 heavy (non-hydrogen) atoms. The second-order valence-corrected chi connectivity index (χ2v) is 6.75. The quantitative estimate of drug-likeness (QED) is 0.466. The molecule has 2 amide bonds. The summed E-state index contributed by atoms with van der Waals surface area (Å²) in [6.45, 7) is 0. The van der Waals surface area contributed by atoms with Crippen molar-refractivity contribution in [2.75, 3.05) is 10.6 Å². The Balaban J connectivity index is 1.76. The summed E-state index contributed by atoms with van der Waals surface area (Å²) in [5, 5.41) is 14.3. The summed E-state index contributed by atoms with van der Waals surface area (Å²) in [7, 11) is 0. The van der Waals surface area contributed by atoms with Gasteiger partial charge in [0.25, 0.3) is 0 Å². The van der Waals surface area contributed by atoms with Gasteiger partial charge < -0.3 is 15.7 Å². The van der Waals surface area contributed by atoms with Crippen LogP contribution in [0.3, 0.4) is 0 Å². The highest BCUT2D eigenvalue weighted by atomic mass is 19.4. The van der Waals surface area contributed by atoms with E-state index in [1.54, 1.807) is 30.3 Å². The maximum atomic E-state index is 12.8. The highest BCUT2D eigenvalue weighted by Gasteiger charge is 2.30. The van der Waals surface area contributed by atoms with Crippen molar-refractivity contribution >= 4 is 29.2 Å². The van der Waals surface area contributed by atoms with Crippen molar-refractivity contribution in [3.05, 3.63) is 83.9 Å². The molecule has 0 aliphatic heterocycles. The second kappa shape index (κ2) is 9.34. The van der Waals surface area contributed by atoms with Crippen LogP contribution in [0.4, 0.5) is 24.5 Å². The summed E-state index contributed by atoms with van der Waals surface area (Å²) in [4.78, 5) is 36.2. The summed E-state index contributed by atoms with van der Waals surface area (Å²) in [6.07, 6.45) is -5.25. The van der Waals surface area contributed by atoms with Gasteiger partial charge in [-0.05, 0) is 35.9 Å². The van der Waals surface area contributed by atoms with Gasteiger partial charge in [-0.3, -0.25) is 9.59 Å². The van der Waals surface area contributed by atoms with Gasteiger partial charge in [0.15, 0.2) is 0 Å².